The number of aldehydes is 1. The number of ether oxygens (including phenoxy) is 1. The Morgan fingerprint density at radius 2 is 1.89 bits per heavy atom. The lowest BCUT2D eigenvalue weighted by Crippen LogP contribution is -2.03. The molecule has 0 unspecified atom stereocenters. The van der Waals surface area contributed by atoms with Crippen molar-refractivity contribution in [3.63, 3.8) is 0 Å². The maximum absolute atomic E-state index is 13.6. The third-order valence-electron chi connectivity index (χ3n) is 2.67. The molecule has 0 amide bonds. The van der Waals surface area contributed by atoms with Crippen molar-refractivity contribution in [3.05, 3.63) is 64.4 Å². The van der Waals surface area contributed by atoms with Crippen molar-refractivity contribution in [2.75, 3.05) is 6.61 Å². The quantitative estimate of drug-likeness (QED) is 0.775. The minimum Gasteiger partial charge on any atom is -0.493 e. The number of benzene rings is 2. The van der Waals surface area contributed by atoms with Crippen LogP contribution in [0.1, 0.15) is 15.9 Å². The predicted octanol–water partition coefficient (Wildman–Crippen LogP) is 3.91. The number of hydrogen-bond acceptors (Lipinski definition) is 2. The largest absolute Gasteiger partial charge is 0.493 e. The van der Waals surface area contributed by atoms with Crippen LogP contribution in [-0.4, -0.2) is 12.9 Å². The lowest BCUT2D eigenvalue weighted by Gasteiger charge is -2.07. The summed E-state index contributed by atoms with van der Waals surface area (Å²) in [5, 5.41) is 0.642. The van der Waals surface area contributed by atoms with E-state index in [0.717, 1.165) is 0 Å². The Morgan fingerprint density at radius 1 is 1.16 bits per heavy atom. The Hall–Kier alpha value is -1.87. The van der Waals surface area contributed by atoms with E-state index in [1.165, 1.54) is 6.07 Å². The van der Waals surface area contributed by atoms with Crippen LogP contribution in [-0.2, 0) is 6.42 Å². The first-order chi connectivity index (χ1) is 9.19. The summed E-state index contributed by atoms with van der Waals surface area (Å²) in [7, 11) is 0. The van der Waals surface area contributed by atoms with E-state index in [-0.39, 0.29) is 5.82 Å². The van der Waals surface area contributed by atoms with Gasteiger partial charge in [0, 0.05) is 17.0 Å². The number of carbonyl (C=O) groups is 1. The van der Waals surface area contributed by atoms with E-state index in [1.54, 1.807) is 36.4 Å². The monoisotopic (exact) mass is 278 g/mol. The van der Waals surface area contributed by atoms with Crippen LogP contribution >= 0.6 is 11.6 Å². The Bertz CT molecular complexity index is 567. The number of carbonyl (C=O) groups excluding carboxylic acids is 1. The molecular weight excluding hydrogens is 267 g/mol. The molecule has 4 heteroatoms. The molecule has 0 aliphatic rings. The van der Waals surface area contributed by atoms with E-state index in [1.807, 2.05) is 0 Å². The number of hydrogen-bond donors (Lipinski definition) is 0. The summed E-state index contributed by atoms with van der Waals surface area (Å²) < 4.78 is 19.1. The third kappa shape index (κ3) is 3.80. The molecule has 0 aliphatic carbocycles. The molecule has 0 N–H and O–H groups in total. The van der Waals surface area contributed by atoms with E-state index in [2.05, 4.69) is 0 Å². The summed E-state index contributed by atoms with van der Waals surface area (Å²) in [6.07, 6.45) is 1.06. The Kier molecular flexibility index (Phi) is 4.53. The zero-order valence-electron chi connectivity index (χ0n) is 10.1. The first-order valence-electron chi connectivity index (χ1n) is 5.81. The average molecular weight is 279 g/mol. The van der Waals surface area contributed by atoms with Crippen LogP contribution in [0.15, 0.2) is 42.5 Å². The lowest BCUT2D eigenvalue weighted by molar-refractivity contribution is 0.112. The second kappa shape index (κ2) is 6.34. The van der Waals surface area contributed by atoms with Gasteiger partial charge in [-0.3, -0.25) is 4.79 Å². The smallest absolute Gasteiger partial charge is 0.150 e. The second-order valence-electron chi connectivity index (χ2n) is 4.02. The Balaban J connectivity index is 1.92. The van der Waals surface area contributed by atoms with Gasteiger partial charge in [0.05, 0.1) is 6.61 Å². The van der Waals surface area contributed by atoms with Gasteiger partial charge in [0.25, 0.3) is 0 Å². The molecule has 0 aliphatic heterocycles. The minimum absolute atomic E-state index is 0.333. The van der Waals surface area contributed by atoms with Gasteiger partial charge < -0.3 is 4.74 Å². The highest BCUT2D eigenvalue weighted by Gasteiger charge is 2.04. The molecule has 0 atom stereocenters. The summed E-state index contributed by atoms with van der Waals surface area (Å²) in [6, 6.07) is 11.4. The van der Waals surface area contributed by atoms with E-state index in [0.29, 0.717) is 41.2 Å². The van der Waals surface area contributed by atoms with Crippen molar-refractivity contribution >= 4 is 17.9 Å². The van der Waals surface area contributed by atoms with Gasteiger partial charge >= 0.3 is 0 Å². The average Bonchev–Trinajstić information content (AvgIpc) is 2.42. The fraction of sp³-hybridized carbons (Fsp3) is 0.133. The Labute approximate surface area is 115 Å². The maximum atomic E-state index is 13.6. The fourth-order valence-corrected chi connectivity index (χ4v) is 1.78. The van der Waals surface area contributed by atoms with Crippen LogP contribution in [0, 0.1) is 5.82 Å². The maximum Gasteiger partial charge on any atom is 0.150 e. The fourth-order valence-electron chi connectivity index (χ4n) is 1.65. The van der Waals surface area contributed by atoms with Crippen molar-refractivity contribution in [1.29, 1.82) is 0 Å². The zero-order chi connectivity index (χ0) is 13.7. The molecule has 0 heterocycles. The van der Waals surface area contributed by atoms with Crippen molar-refractivity contribution in [2.45, 2.75) is 6.42 Å². The third-order valence-corrected chi connectivity index (χ3v) is 2.92. The highest BCUT2D eigenvalue weighted by Crippen LogP contribution is 2.16. The lowest BCUT2D eigenvalue weighted by atomic mass is 10.1. The van der Waals surface area contributed by atoms with Gasteiger partial charge in [-0.2, -0.15) is 0 Å². The van der Waals surface area contributed by atoms with Gasteiger partial charge in [-0.05, 0) is 35.9 Å². The second-order valence-corrected chi connectivity index (χ2v) is 4.46. The molecule has 98 valence electrons. The highest BCUT2D eigenvalue weighted by atomic mass is 35.5. The summed E-state index contributed by atoms with van der Waals surface area (Å²) in [4.78, 5) is 10.5. The van der Waals surface area contributed by atoms with Gasteiger partial charge in [0.15, 0.2) is 0 Å². The van der Waals surface area contributed by atoms with E-state index in [9.17, 15) is 9.18 Å². The summed E-state index contributed by atoms with van der Waals surface area (Å²) in [5.41, 5.74) is 0.861. The van der Waals surface area contributed by atoms with Crippen LogP contribution in [0.4, 0.5) is 4.39 Å². The SMILES string of the molecule is O=Cc1ccc(CCOc2ccc(Cl)cc2)c(F)c1. The molecular formula is C15H12ClFO2. The summed E-state index contributed by atoms with van der Waals surface area (Å²) in [5.74, 6) is 0.304. The number of halogens is 2. The topological polar surface area (TPSA) is 26.3 Å². The predicted molar refractivity (Wildman–Crippen MR) is 72.4 cm³/mol. The first kappa shape index (κ1) is 13.6. The van der Waals surface area contributed by atoms with Crippen LogP contribution in [0.25, 0.3) is 0 Å². The van der Waals surface area contributed by atoms with Crippen molar-refractivity contribution < 1.29 is 13.9 Å². The first-order valence-corrected chi connectivity index (χ1v) is 6.19. The molecule has 0 saturated carbocycles. The highest BCUT2D eigenvalue weighted by molar-refractivity contribution is 6.30. The molecule has 0 radical (unpaired) electrons. The van der Waals surface area contributed by atoms with Crippen molar-refractivity contribution in [1.82, 2.24) is 0 Å². The zero-order valence-corrected chi connectivity index (χ0v) is 10.9. The van der Waals surface area contributed by atoms with Gasteiger partial charge in [0.2, 0.25) is 0 Å². The summed E-state index contributed by atoms with van der Waals surface area (Å²) in [6.45, 7) is 0.360. The van der Waals surface area contributed by atoms with E-state index in [4.69, 9.17) is 16.3 Å². The molecule has 2 aromatic carbocycles. The summed E-state index contributed by atoms with van der Waals surface area (Å²) >= 11 is 5.76. The standard InChI is InChI=1S/C15H12ClFO2/c16-13-3-5-14(6-4-13)19-8-7-12-2-1-11(10-18)9-15(12)17/h1-6,9-10H,7-8H2. The molecule has 0 fully saturated rings. The van der Waals surface area contributed by atoms with Crippen LogP contribution in [0.5, 0.6) is 5.75 Å². The van der Waals surface area contributed by atoms with Crippen molar-refractivity contribution in [2.24, 2.45) is 0 Å². The van der Waals surface area contributed by atoms with Crippen LogP contribution < -0.4 is 4.74 Å². The van der Waals surface area contributed by atoms with Gasteiger partial charge in [-0.15, -0.1) is 0 Å². The minimum atomic E-state index is -0.385. The molecule has 2 rings (SSSR count). The van der Waals surface area contributed by atoms with Gasteiger partial charge in [-0.1, -0.05) is 23.7 Å². The molecule has 2 aromatic rings. The Morgan fingerprint density at radius 3 is 2.53 bits per heavy atom. The molecule has 0 spiro atoms. The molecule has 19 heavy (non-hydrogen) atoms. The molecule has 0 saturated heterocycles. The van der Waals surface area contributed by atoms with E-state index < -0.39 is 0 Å². The number of rotatable bonds is 5. The van der Waals surface area contributed by atoms with E-state index >= 15 is 0 Å². The molecule has 0 bridgehead atoms. The normalized spacial score (nSPS) is 10.2. The van der Waals surface area contributed by atoms with Crippen LogP contribution in [0.2, 0.25) is 5.02 Å². The molecule has 2 nitrogen and oxygen atoms in total. The van der Waals surface area contributed by atoms with Gasteiger partial charge in [0.1, 0.15) is 17.9 Å². The van der Waals surface area contributed by atoms with Gasteiger partial charge in [-0.25, -0.2) is 4.39 Å². The molecule has 0 aromatic heterocycles. The van der Waals surface area contributed by atoms with Crippen LogP contribution in [0.3, 0.4) is 0 Å². The van der Waals surface area contributed by atoms with Crippen molar-refractivity contribution in [3.8, 4) is 5.75 Å².